The Morgan fingerprint density at radius 2 is 1.76 bits per heavy atom. The minimum absolute atomic E-state index is 0.0471. The van der Waals surface area contributed by atoms with Crippen LogP contribution in [0.25, 0.3) is 0 Å². The van der Waals surface area contributed by atoms with Crippen molar-refractivity contribution >= 4 is 11.6 Å². The molecule has 4 nitrogen and oxygen atoms in total. The third kappa shape index (κ3) is 2.82. The van der Waals surface area contributed by atoms with E-state index in [1.165, 1.54) is 6.42 Å². The minimum Gasteiger partial charge on any atom is -0.371 e. The molecule has 0 radical (unpaired) electrons. The lowest BCUT2D eigenvalue weighted by atomic mass is 10.2. The van der Waals surface area contributed by atoms with Crippen LogP contribution in [0.3, 0.4) is 0 Å². The van der Waals surface area contributed by atoms with E-state index in [2.05, 4.69) is 15.7 Å². The van der Waals surface area contributed by atoms with Crippen LogP contribution in [0.2, 0.25) is 0 Å². The Labute approximate surface area is 99.0 Å². The second-order valence-electron chi connectivity index (χ2n) is 4.06. The van der Waals surface area contributed by atoms with Crippen molar-refractivity contribution in [2.45, 2.75) is 19.3 Å². The molecule has 0 amide bonds. The van der Waals surface area contributed by atoms with Crippen LogP contribution in [0.4, 0.5) is 20.4 Å². The molecular weight excluding hydrogens is 226 g/mol. The summed E-state index contributed by atoms with van der Waals surface area (Å²) in [4.78, 5) is 3.87. The van der Waals surface area contributed by atoms with Gasteiger partial charge in [-0.05, 0) is 12.8 Å². The maximum Gasteiger partial charge on any atom is 0.179 e. The molecule has 6 heteroatoms. The smallest absolute Gasteiger partial charge is 0.179 e. The maximum absolute atomic E-state index is 13.5. The van der Waals surface area contributed by atoms with Crippen molar-refractivity contribution in [2.75, 3.05) is 30.9 Å². The molecule has 0 unspecified atom stereocenters. The predicted molar refractivity (Wildman–Crippen MR) is 62.7 cm³/mol. The second-order valence-corrected chi connectivity index (χ2v) is 4.06. The van der Waals surface area contributed by atoms with Gasteiger partial charge in [-0.15, -0.1) is 0 Å². The summed E-state index contributed by atoms with van der Waals surface area (Å²) >= 11 is 0. The van der Waals surface area contributed by atoms with Crippen LogP contribution < -0.4 is 10.7 Å². The molecule has 17 heavy (non-hydrogen) atoms. The van der Waals surface area contributed by atoms with Crippen LogP contribution in [0, 0.1) is 11.6 Å². The number of halogens is 2. The van der Waals surface area contributed by atoms with Gasteiger partial charge in [-0.25, -0.2) is 18.8 Å². The van der Waals surface area contributed by atoms with Crippen molar-refractivity contribution < 1.29 is 8.78 Å². The maximum atomic E-state index is 13.5. The molecule has 1 saturated heterocycles. The zero-order valence-electron chi connectivity index (χ0n) is 9.76. The molecule has 0 spiro atoms. The highest BCUT2D eigenvalue weighted by Crippen LogP contribution is 2.20. The summed E-state index contributed by atoms with van der Waals surface area (Å²) < 4.78 is 26.7. The topological polar surface area (TPSA) is 40.2 Å². The number of anilines is 2. The largest absolute Gasteiger partial charge is 0.371 e. The van der Waals surface area contributed by atoms with E-state index in [-0.39, 0.29) is 11.6 Å². The normalized spacial score (nSPS) is 16.9. The SMILES string of the molecule is CNc1nc(NN2CCCCC2)c(F)cc1F. The third-order valence-corrected chi connectivity index (χ3v) is 2.79. The first-order chi connectivity index (χ1) is 8.20. The molecule has 1 aliphatic rings. The van der Waals surface area contributed by atoms with Crippen molar-refractivity contribution in [3.8, 4) is 0 Å². The highest BCUT2D eigenvalue weighted by molar-refractivity contribution is 5.46. The molecular formula is C11H16F2N4. The molecule has 94 valence electrons. The number of rotatable bonds is 3. The lowest BCUT2D eigenvalue weighted by Crippen LogP contribution is -2.35. The van der Waals surface area contributed by atoms with Crippen LogP contribution in [0.1, 0.15) is 19.3 Å². The zero-order valence-corrected chi connectivity index (χ0v) is 9.76. The van der Waals surface area contributed by atoms with Crippen LogP contribution in [-0.4, -0.2) is 30.1 Å². The molecule has 0 saturated carbocycles. The van der Waals surface area contributed by atoms with Crippen molar-refractivity contribution in [1.82, 2.24) is 9.99 Å². The molecule has 0 bridgehead atoms. The van der Waals surface area contributed by atoms with Gasteiger partial charge < -0.3 is 10.7 Å². The van der Waals surface area contributed by atoms with Crippen molar-refractivity contribution in [3.63, 3.8) is 0 Å². The fourth-order valence-electron chi connectivity index (χ4n) is 1.88. The zero-order chi connectivity index (χ0) is 12.3. The standard InChI is InChI=1S/C11H16F2N4/c1-14-10-8(12)7-9(13)11(15-10)16-17-5-3-2-4-6-17/h7H,2-6H2,1H3,(H2,14,15,16). The van der Waals surface area contributed by atoms with Gasteiger partial charge in [0.05, 0.1) is 0 Å². The number of hydrogen-bond acceptors (Lipinski definition) is 4. The molecule has 0 aromatic carbocycles. The average Bonchev–Trinajstić information content (AvgIpc) is 2.34. The number of hydrazine groups is 1. The lowest BCUT2D eigenvalue weighted by molar-refractivity contribution is 0.270. The number of nitrogens with one attached hydrogen (secondary N) is 2. The Bertz CT molecular complexity index is 391. The van der Waals surface area contributed by atoms with Gasteiger partial charge in [-0.2, -0.15) is 0 Å². The van der Waals surface area contributed by atoms with Crippen molar-refractivity contribution in [2.24, 2.45) is 0 Å². The number of pyridine rings is 1. The van der Waals surface area contributed by atoms with E-state index in [9.17, 15) is 8.78 Å². The molecule has 1 fully saturated rings. The van der Waals surface area contributed by atoms with Gasteiger partial charge >= 0.3 is 0 Å². The van der Waals surface area contributed by atoms with Crippen molar-refractivity contribution in [1.29, 1.82) is 0 Å². The molecule has 0 atom stereocenters. The van der Waals surface area contributed by atoms with Gasteiger partial charge in [-0.1, -0.05) is 6.42 Å². The van der Waals surface area contributed by atoms with Gasteiger partial charge in [0.1, 0.15) is 0 Å². The summed E-state index contributed by atoms with van der Waals surface area (Å²) in [5.74, 6) is -1.25. The quantitative estimate of drug-likeness (QED) is 0.852. The summed E-state index contributed by atoms with van der Waals surface area (Å²) in [5.41, 5.74) is 2.89. The van der Waals surface area contributed by atoms with Crippen LogP contribution in [0.15, 0.2) is 6.07 Å². The van der Waals surface area contributed by atoms with Gasteiger partial charge in [0.2, 0.25) is 0 Å². The fourth-order valence-corrected chi connectivity index (χ4v) is 1.88. The second kappa shape index (κ2) is 5.27. The molecule has 0 aliphatic carbocycles. The Morgan fingerprint density at radius 1 is 1.12 bits per heavy atom. The summed E-state index contributed by atoms with van der Waals surface area (Å²) in [7, 11) is 1.55. The number of aromatic nitrogens is 1. The Hall–Kier alpha value is -1.43. The van der Waals surface area contributed by atoms with Crippen LogP contribution in [0.5, 0.6) is 0 Å². The van der Waals surface area contributed by atoms with Gasteiger partial charge in [0.15, 0.2) is 23.3 Å². The summed E-state index contributed by atoms with van der Waals surface area (Å²) in [6.07, 6.45) is 3.35. The molecule has 1 aliphatic heterocycles. The molecule has 1 aromatic heterocycles. The number of hydrogen-bond donors (Lipinski definition) is 2. The van der Waals surface area contributed by atoms with E-state index in [1.54, 1.807) is 7.05 Å². The lowest BCUT2D eigenvalue weighted by Gasteiger charge is -2.27. The van der Waals surface area contributed by atoms with E-state index in [1.807, 2.05) is 5.01 Å². The Balaban J connectivity index is 2.13. The average molecular weight is 242 g/mol. The molecule has 2 N–H and O–H groups in total. The van der Waals surface area contributed by atoms with E-state index in [0.29, 0.717) is 0 Å². The van der Waals surface area contributed by atoms with E-state index in [4.69, 9.17) is 0 Å². The number of piperidine rings is 1. The Kier molecular flexibility index (Phi) is 3.73. The summed E-state index contributed by atoms with van der Waals surface area (Å²) in [6.45, 7) is 1.71. The summed E-state index contributed by atoms with van der Waals surface area (Å²) in [6, 6.07) is 0.838. The molecule has 1 aromatic rings. The fraction of sp³-hybridized carbons (Fsp3) is 0.545. The third-order valence-electron chi connectivity index (χ3n) is 2.79. The number of nitrogens with zero attached hydrogens (tertiary/aromatic N) is 2. The first-order valence-electron chi connectivity index (χ1n) is 5.76. The van der Waals surface area contributed by atoms with Gasteiger partial charge in [-0.3, -0.25) is 0 Å². The van der Waals surface area contributed by atoms with E-state index < -0.39 is 11.6 Å². The van der Waals surface area contributed by atoms with Crippen LogP contribution in [-0.2, 0) is 0 Å². The van der Waals surface area contributed by atoms with Gasteiger partial charge in [0, 0.05) is 26.2 Å². The van der Waals surface area contributed by atoms with E-state index in [0.717, 1.165) is 32.0 Å². The monoisotopic (exact) mass is 242 g/mol. The highest BCUT2D eigenvalue weighted by Gasteiger charge is 2.15. The minimum atomic E-state index is -0.686. The highest BCUT2D eigenvalue weighted by atomic mass is 19.1. The van der Waals surface area contributed by atoms with Gasteiger partial charge in [0.25, 0.3) is 0 Å². The first-order valence-corrected chi connectivity index (χ1v) is 5.76. The summed E-state index contributed by atoms with van der Waals surface area (Å²) in [5, 5.41) is 4.50. The molecule has 2 rings (SSSR count). The van der Waals surface area contributed by atoms with E-state index >= 15 is 0 Å². The van der Waals surface area contributed by atoms with Crippen LogP contribution >= 0.6 is 0 Å². The predicted octanol–water partition coefficient (Wildman–Crippen LogP) is 2.21. The Morgan fingerprint density at radius 3 is 2.41 bits per heavy atom. The molecule has 2 heterocycles. The van der Waals surface area contributed by atoms with Crippen molar-refractivity contribution in [3.05, 3.63) is 17.7 Å². The first kappa shape index (κ1) is 12.0.